The second-order valence-electron chi connectivity index (χ2n) is 12.6. The van der Waals surface area contributed by atoms with E-state index >= 15 is 0 Å². The fourth-order valence-electron chi connectivity index (χ4n) is 6.26. The molecule has 4 aromatic rings. The van der Waals surface area contributed by atoms with E-state index in [1.807, 2.05) is 18.3 Å². The molecule has 3 N–H and O–H groups in total. The van der Waals surface area contributed by atoms with Gasteiger partial charge in [-0.2, -0.15) is 10.4 Å². The Morgan fingerprint density at radius 3 is 2.56 bits per heavy atom. The molecule has 0 radical (unpaired) electrons. The molecule has 0 saturated carbocycles. The number of aliphatic carboxylic acids is 1. The Kier molecular flexibility index (Phi) is 14.3. The summed E-state index contributed by atoms with van der Waals surface area (Å²) in [6, 6.07) is 16.9. The van der Waals surface area contributed by atoms with E-state index in [-0.39, 0.29) is 13.2 Å². The first kappa shape index (κ1) is 37.6. The molecule has 0 aliphatic carbocycles. The van der Waals surface area contributed by atoms with Crippen LogP contribution in [0, 0.1) is 11.3 Å². The van der Waals surface area contributed by atoms with Crippen molar-refractivity contribution in [2.24, 2.45) is 0 Å². The van der Waals surface area contributed by atoms with Crippen molar-refractivity contribution in [1.29, 1.82) is 5.26 Å². The van der Waals surface area contributed by atoms with Crippen molar-refractivity contribution in [1.82, 2.24) is 20.0 Å². The third kappa shape index (κ3) is 9.98. The van der Waals surface area contributed by atoms with Gasteiger partial charge in [-0.15, -0.1) is 0 Å². The number of carbonyl (C=O) groups is 1. The first-order valence-corrected chi connectivity index (χ1v) is 18.5. The van der Waals surface area contributed by atoms with Gasteiger partial charge in [0.1, 0.15) is 24.1 Å². The number of rotatable bonds is 20. The number of hydrogen-bond acceptors (Lipinski definition) is 8. The van der Waals surface area contributed by atoms with Crippen LogP contribution < -0.4 is 14.8 Å². The number of nitrogens with zero attached hydrogens (tertiary/aromatic N) is 4. The van der Waals surface area contributed by atoms with Crippen molar-refractivity contribution < 1.29 is 24.5 Å². The average molecular weight is 767 g/mol. The van der Waals surface area contributed by atoms with E-state index in [0.29, 0.717) is 35.1 Å². The van der Waals surface area contributed by atoms with Crippen LogP contribution in [0.2, 0.25) is 5.02 Å². The minimum atomic E-state index is -1.15. The minimum absolute atomic E-state index is 0.121. The van der Waals surface area contributed by atoms with Gasteiger partial charge in [0.25, 0.3) is 0 Å². The molecule has 1 saturated heterocycles. The number of carboxylic acids is 1. The summed E-state index contributed by atoms with van der Waals surface area (Å²) in [4.78, 5) is 14.0. The van der Waals surface area contributed by atoms with E-state index in [0.717, 1.165) is 70.8 Å². The molecule has 1 unspecified atom stereocenters. The third-order valence-electron chi connectivity index (χ3n) is 9.06. The fraction of sp³-hybridized carbons (Fsp3) is 0.447. The van der Waals surface area contributed by atoms with Gasteiger partial charge in [0.05, 0.1) is 36.0 Å². The van der Waals surface area contributed by atoms with Gasteiger partial charge < -0.3 is 24.6 Å². The van der Waals surface area contributed by atoms with Crippen LogP contribution in [0.5, 0.6) is 11.5 Å². The Morgan fingerprint density at radius 2 is 1.78 bits per heavy atom. The molecular weight excluding hydrogens is 722 g/mol. The number of fused-ring (bicyclic) bond motifs is 1. The lowest BCUT2D eigenvalue weighted by Gasteiger charge is -2.18. The van der Waals surface area contributed by atoms with Gasteiger partial charge in [-0.3, -0.25) is 14.8 Å². The zero-order valence-electron chi connectivity index (χ0n) is 28.3. The molecule has 3 aromatic carbocycles. The number of hydrogen-bond donors (Lipinski definition) is 3. The lowest BCUT2D eigenvalue weighted by Crippen LogP contribution is -2.39. The van der Waals surface area contributed by atoms with Gasteiger partial charge in [0, 0.05) is 46.6 Å². The molecule has 0 spiro atoms. The Hall–Kier alpha value is -3.66. The van der Waals surface area contributed by atoms with Crippen LogP contribution in [0.4, 0.5) is 0 Å². The van der Waals surface area contributed by atoms with Crippen LogP contribution in [0.1, 0.15) is 62.5 Å². The number of benzene rings is 3. The highest BCUT2D eigenvalue weighted by Crippen LogP contribution is 2.38. The first-order valence-electron chi connectivity index (χ1n) is 17.4. The van der Waals surface area contributed by atoms with Crippen LogP contribution in [0.25, 0.3) is 22.0 Å². The van der Waals surface area contributed by atoms with Gasteiger partial charge in [-0.05, 0) is 104 Å². The summed E-state index contributed by atoms with van der Waals surface area (Å²) in [6.07, 6.45) is 9.76. The third-order valence-corrected chi connectivity index (χ3v) is 10.3. The Morgan fingerprint density at radius 1 is 1.00 bits per heavy atom. The molecule has 1 aliphatic heterocycles. The smallest absolute Gasteiger partial charge is 0.323 e. The van der Waals surface area contributed by atoms with E-state index in [2.05, 4.69) is 61.2 Å². The molecule has 266 valence electrons. The number of aryl methyl sites for hydroxylation is 1. The number of aromatic nitrogens is 2. The summed E-state index contributed by atoms with van der Waals surface area (Å²) in [6.45, 7) is 4.73. The van der Waals surface area contributed by atoms with Gasteiger partial charge >= 0.3 is 5.97 Å². The van der Waals surface area contributed by atoms with Crippen molar-refractivity contribution >= 4 is 44.4 Å². The van der Waals surface area contributed by atoms with Crippen molar-refractivity contribution in [3.05, 3.63) is 75.4 Å². The molecule has 1 aromatic heterocycles. The number of likely N-dealkylation sites (tertiary alicyclic amines) is 1. The van der Waals surface area contributed by atoms with E-state index in [4.69, 9.17) is 31.4 Å². The second kappa shape index (κ2) is 19.1. The molecule has 1 aliphatic rings. The lowest BCUT2D eigenvalue weighted by molar-refractivity contribution is -0.140. The molecule has 0 amide bonds. The normalized spacial score (nSPS) is 13.8. The maximum absolute atomic E-state index is 11.4. The quantitative estimate of drug-likeness (QED) is 0.0780. The standard InChI is InChI=1S/C38H45BrClN5O5/c39-37-27(11-9-13-30(37)29-12-10-14-34-31(29)24-43-45(34)19-7-6-18-44-16-4-5-17-44)26-50-36-22-35(49-20-8-2-1-3-15-41)28(21-32(36)40)23-42-33(25-46)38(47)48/h9-14,21-22,24,33,42,46H,1-8,16-20,23,25-26H2,(H,47,48). The molecule has 2 heterocycles. The monoisotopic (exact) mass is 765 g/mol. The van der Waals surface area contributed by atoms with Gasteiger partial charge in [0.2, 0.25) is 0 Å². The lowest BCUT2D eigenvalue weighted by atomic mass is 10.00. The SMILES string of the molecule is N#CCCCCCOc1cc(OCc2cccc(-c3cccc4c3cnn4CCCCN3CCCC3)c2Br)c(Cl)cc1CNC(CO)C(=O)O. The van der Waals surface area contributed by atoms with E-state index in [9.17, 15) is 15.0 Å². The zero-order chi connectivity index (χ0) is 35.3. The molecule has 0 bridgehead atoms. The second-order valence-corrected chi connectivity index (χ2v) is 13.8. The summed E-state index contributed by atoms with van der Waals surface area (Å²) >= 11 is 10.5. The van der Waals surface area contributed by atoms with Crippen LogP contribution in [0.15, 0.2) is 59.2 Å². The number of nitrogens with one attached hydrogen (secondary N) is 1. The van der Waals surface area contributed by atoms with Crippen molar-refractivity contribution in [3.8, 4) is 28.7 Å². The molecule has 1 fully saturated rings. The highest BCUT2D eigenvalue weighted by molar-refractivity contribution is 9.10. The maximum Gasteiger partial charge on any atom is 0.323 e. The summed E-state index contributed by atoms with van der Waals surface area (Å²) in [5, 5.41) is 36.6. The molecule has 5 rings (SSSR count). The van der Waals surface area contributed by atoms with Crippen molar-refractivity contribution in [2.75, 3.05) is 32.8 Å². The van der Waals surface area contributed by atoms with E-state index < -0.39 is 18.6 Å². The number of unbranched alkanes of at least 4 members (excludes halogenated alkanes) is 4. The highest BCUT2D eigenvalue weighted by Gasteiger charge is 2.19. The van der Waals surface area contributed by atoms with Crippen LogP contribution in [-0.2, 0) is 24.5 Å². The number of aliphatic hydroxyl groups excluding tert-OH is 1. The summed E-state index contributed by atoms with van der Waals surface area (Å²) in [5.41, 5.74) is 4.81. The molecule has 10 nitrogen and oxygen atoms in total. The topological polar surface area (TPSA) is 133 Å². The zero-order valence-corrected chi connectivity index (χ0v) is 30.6. The predicted molar refractivity (Wildman–Crippen MR) is 198 cm³/mol. The molecule has 50 heavy (non-hydrogen) atoms. The Balaban J connectivity index is 1.29. The average Bonchev–Trinajstić information content (AvgIpc) is 3.79. The number of carboxylic acid groups (broad SMARTS) is 1. The summed E-state index contributed by atoms with van der Waals surface area (Å²) in [5.74, 6) is -0.219. The molecular formula is C38H45BrClN5O5. The Labute approximate surface area is 307 Å². The van der Waals surface area contributed by atoms with Crippen LogP contribution in [0.3, 0.4) is 0 Å². The summed E-state index contributed by atoms with van der Waals surface area (Å²) < 4.78 is 15.4. The highest BCUT2D eigenvalue weighted by atomic mass is 79.9. The van der Waals surface area contributed by atoms with Crippen LogP contribution in [-0.4, -0.2) is 69.8 Å². The van der Waals surface area contributed by atoms with Gasteiger partial charge in [-0.1, -0.05) is 41.9 Å². The number of ether oxygens (including phenoxy) is 2. The van der Waals surface area contributed by atoms with Crippen molar-refractivity contribution in [3.63, 3.8) is 0 Å². The van der Waals surface area contributed by atoms with E-state index in [1.54, 1.807) is 12.1 Å². The maximum atomic E-state index is 11.4. The number of aliphatic hydroxyl groups is 1. The Bertz CT molecular complexity index is 1770. The van der Waals surface area contributed by atoms with Crippen LogP contribution >= 0.6 is 27.5 Å². The number of nitriles is 1. The molecule has 12 heteroatoms. The number of halogens is 2. The van der Waals surface area contributed by atoms with E-state index in [1.165, 1.54) is 32.4 Å². The van der Waals surface area contributed by atoms with Gasteiger partial charge in [-0.25, -0.2) is 0 Å². The largest absolute Gasteiger partial charge is 0.493 e. The fourth-order valence-corrected chi connectivity index (χ4v) is 7.09. The van der Waals surface area contributed by atoms with Gasteiger partial charge in [0.15, 0.2) is 0 Å². The first-order chi connectivity index (χ1) is 24.4. The minimum Gasteiger partial charge on any atom is -0.493 e. The predicted octanol–water partition coefficient (Wildman–Crippen LogP) is 7.57. The van der Waals surface area contributed by atoms with Crippen molar-refractivity contribution in [2.45, 2.75) is 77.1 Å². The summed E-state index contributed by atoms with van der Waals surface area (Å²) in [7, 11) is 0. The molecule has 1 atom stereocenters.